The fraction of sp³-hybridized carbons (Fsp3) is 0.167. The minimum atomic E-state index is 0.797. The first-order valence-electron chi connectivity index (χ1n) is 4.64. The van der Waals surface area contributed by atoms with Gasteiger partial charge in [0, 0.05) is 6.07 Å². The molecular weight excluding hydrogens is 236 g/mol. The van der Waals surface area contributed by atoms with Gasteiger partial charge in [-0.2, -0.15) is 4.57 Å². The molecular formula is C12H10N2S2. The van der Waals surface area contributed by atoms with Gasteiger partial charge in [0.15, 0.2) is 6.54 Å². The monoisotopic (exact) mass is 246 g/mol. The van der Waals surface area contributed by atoms with Crippen LogP contribution in [0.4, 0.5) is 0 Å². The van der Waals surface area contributed by atoms with Crippen LogP contribution >= 0.6 is 11.3 Å². The molecule has 0 radical (unpaired) electrons. The first-order chi connectivity index (χ1) is 7.83. The van der Waals surface area contributed by atoms with E-state index in [1.165, 1.54) is 15.6 Å². The molecule has 1 aromatic carbocycles. The van der Waals surface area contributed by atoms with Crippen molar-refractivity contribution >= 4 is 34.2 Å². The molecule has 2 nitrogen and oxygen atoms in total. The summed E-state index contributed by atoms with van der Waals surface area (Å²) in [5.41, 5.74) is 3.41. The fourth-order valence-electron chi connectivity index (χ4n) is 1.33. The number of nitrogens with zero attached hydrogens (tertiary/aromatic N) is 2. The van der Waals surface area contributed by atoms with E-state index in [1.54, 1.807) is 11.3 Å². The van der Waals surface area contributed by atoms with Gasteiger partial charge < -0.3 is 12.6 Å². The average molecular weight is 246 g/mol. The largest absolute Gasteiger partial charge is 0.696 e. The molecule has 0 saturated carbocycles. The smallest absolute Gasteiger partial charge is 0.225 e. The van der Waals surface area contributed by atoms with E-state index in [4.69, 9.17) is 11.7 Å². The van der Waals surface area contributed by atoms with E-state index in [9.17, 15) is 0 Å². The second kappa shape index (κ2) is 6.79. The third-order valence-electron chi connectivity index (χ3n) is 1.98. The summed E-state index contributed by atoms with van der Waals surface area (Å²) in [5.74, 6) is 2.65. The van der Waals surface area contributed by atoms with Gasteiger partial charge in [-0.05, 0) is 6.07 Å². The Labute approximate surface area is 105 Å². The Balaban J connectivity index is 0.000000386. The van der Waals surface area contributed by atoms with Crippen molar-refractivity contribution in [3.63, 3.8) is 0 Å². The maximum Gasteiger partial charge on any atom is 0.225 e. The SMILES string of the molecule is C#CCC[n+]1csc2ccccc21.N#C[S-]. The molecule has 0 unspecified atom stereocenters. The predicted octanol–water partition coefficient (Wildman–Crippen LogP) is 2.23. The third kappa shape index (κ3) is 3.20. The molecule has 0 atom stereocenters. The number of aromatic nitrogens is 1. The zero-order valence-electron chi connectivity index (χ0n) is 8.59. The van der Waals surface area contributed by atoms with Gasteiger partial charge in [0.05, 0.1) is 6.42 Å². The third-order valence-corrected chi connectivity index (χ3v) is 2.94. The van der Waals surface area contributed by atoms with Crippen molar-refractivity contribution in [1.82, 2.24) is 0 Å². The Morgan fingerprint density at radius 2 is 2.12 bits per heavy atom. The van der Waals surface area contributed by atoms with Crippen LogP contribution in [0.1, 0.15) is 6.42 Å². The van der Waals surface area contributed by atoms with Crippen molar-refractivity contribution in [1.29, 1.82) is 5.26 Å². The van der Waals surface area contributed by atoms with Crippen LogP contribution in [0.25, 0.3) is 10.2 Å². The molecule has 0 aliphatic carbocycles. The van der Waals surface area contributed by atoms with Crippen molar-refractivity contribution < 1.29 is 4.57 Å². The lowest BCUT2D eigenvalue weighted by molar-refractivity contribution is -0.666. The maximum absolute atomic E-state index is 7.13. The molecule has 1 aromatic heterocycles. The second-order valence-electron chi connectivity index (χ2n) is 2.93. The lowest BCUT2D eigenvalue weighted by atomic mass is 10.3. The molecule has 4 heteroatoms. The molecule has 0 spiro atoms. The van der Waals surface area contributed by atoms with Crippen LogP contribution in [0, 0.1) is 23.0 Å². The Kier molecular flexibility index (Phi) is 5.28. The highest BCUT2D eigenvalue weighted by molar-refractivity contribution is 7.64. The van der Waals surface area contributed by atoms with E-state index >= 15 is 0 Å². The van der Waals surface area contributed by atoms with Crippen molar-refractivity contribution in [3.05, 3.63) is 29.8 Å². The minimum Gasteiger partial charge on any atom is -0.696 e. The van der Waals surface area contributed by atoms with Gasteiger partial charge in [-0.3, -0.25) is 0 Å². The van der Waals surface area contributed by atoms with Gasteiger partial charge in [-0.15, -0.1) is 12.3 Å². The molecule has 2 rings (SSSR count). The number of nitriles is 1. The van der Waals surface area contributed by atoms with Crippen LogP contribution < -0.4 is 4.57 Å². The van der Waals surface area contributed by atoms with E-state index in [1.807, 2.05) is 0 Å². The average Bonchev–Trinajstić information content (AvgIpc) is 2.71. The number of rotatable bonds is 2. The number of thiocyanates is 1. The first-order valence-corrected chi connectivity index (χ1v) is 5.92. The van der Waals surface area contributed by atoms with Crippen molar-refractivity contribution in [2.24, 2.45) is 0 Å². The molecule has 2 aromatic rings. The number of thiazole rings is 1. The predicted molar refractivity (Wildman–Crippen MR) is 68.4 cm³/mol. The molecule has 1 heterocycles. The zero-order valence-corrected chi connectivity index (χ0v) is 10.2. The van der Waals surface area contributed by atoms with Crippen LogP contribution in [0.2, 0.25) is 0 Å². The lowest BCUT2D eigenvalue weighted by Gasteiger charge is -1.88. The summed E-state index contributed by atoms with van der Waals surface area (Å²) in [6, 6.07) is 8.38. The summed E-state index contributed by atoms with van der Waals surface area (Å²) in [4.78, 5) is 0. The number of hydrogen-bond acceptors (Lipinski definition) is 3. The summed E-state index contributed by atoms with van der Waals surface area (Å²) >= 11 is 5.46. The lowest BCUT2D eigenvalue weighted by Crippen LogP contribution is -2.30. The van der Waals surface area contributed by atoms with Gasteiger partial charge in [0.2, 0.25) is 11.0 Å². The van der Waals surface area contributed by atoms with E-state index in [-0.39, 0.29) is 0 Å². The molecule has 0 fully saturated rings. The normalized spacial score (nSPS) is 8.62. The van der Waals surface area contributed by atoms with E-state index in [2.05, 4.69) is 52.9 Å². The number of para-hydroxylation sites is 1. The highest BCUT2D eigenvalue weighted by atomic mass is 32.1. The summed E-state index contributed by atoms with van der Waals surface area (Å²) in [6.07, 6.45) is 6.03. The van der Waals surface area contributed by atoms with Crippen LogP contribution in [0.5, 0.6) is 0 Å². The van der Waals surface area contributed by atoms with Gasteiger partial charge in [0.25, 0.3) is 0 Å². The summed E-state index contributed by atoms with van der Waals surface area (Å²) < 4.78 is 3.53. The van der Waals surface area contributed by atoms with Gasteiger partial charge >= 0.3 is 0 Å². The Morgan fingerprint density at radius 3 is 2.81 bits per heavy atom. The Bertz CT molecular complexity index is 532. The molecule has 0 bridgehead atoms. The number of hydrogen-bond donors (Lipinski definition) is 0. The number of terminal acetylenes is 1. The van der Waals surface area contributed by atoms with E-state index in [0.29, 0.717) is 0 Å². The van der Waals surface area contributed by atoms with Crippen LogP contribution in [-0.4, -0.2) is 0 Å². The number of aryl methyl sites for hydroxylation is 1. The topological polar surface area (TPSA) is 27.7 Å². The van der Waals surface area contributed by atoms with E-state index in [0.717, 1.165) is 13.0 Å². The van der Waals surface area contributed by atoms with Crippen LogP contribution in [0.3, 0.4) is 0 Å². The van der Waals surface area contributed by atoms with Gasteiger partial charge in [-0.25, -0.2) is 5.26 Å². The molecule has 0 aliphatic heterocycles. The Hall–Kier alpha value is -1.62. The molecule has 0 N–H and O–H groups in total. The molecule has 0 saturated heterocycles. The molecule has 0 aliphatic rings. The maximum atomic E-state index is 7.13. The van der Waals surface area contributed by atoms with Crippen molar-refractivity contribution in [2.45, 2.75) is 13.0 Å². The molecule has 80 valence electrons. The van der Waals surface area contributed by atoms with E-state index < -0.39 is 0 Å². The highest BCUT2D eigenvalue weighted by Gasteiger charge is 2.08. The fourth-order valence-corrected chi connectivity index (χ4v) is 2.25. The summed E-state index contributed by atoms with van der Waals surface area (Å²) in [7, 11) is 0. The van der Waals surface area contributed by atoms with Crippen LogP contribution in [0.15, 0.2) is 29.8 Å². The minimum absolute atomic E-state index is 0.797. The summed E-state index contributed by atoms with van der Waals surface area (Å²) in [6.45, 7) is 0.917. The quantitative estimate of drug-likeness (QED) is 0.352. The standard InChI is InChI=1S/C11H10NS.CHNS/c1-2-3-8-12-9-13-11-7-5-4-6-10(11)12;2-1-3/h1,4-7,9H,3,8H2;3H/q+1;/p-1. The zero-order chi connectivity index (χ0) is 11.8. The number of benzene rings is 1. The first kappa shape index (κ1) is 12.4. The Morgan fingerprint density at radius 1 is 1.44 bits per heavy atom. The summed E-state index contributed by atoms with van der Waals surface area (Å²) in [5, 5.41) is 8.47. The van der Waals surface area contributed by atoms with Crippen molar-refractivity contribution in [2.75, 3.05) is 0 Å². The van der Waals surface area contributed by atoms with Crippen molar-refractivity contribution in [3.8, 4) is 17.7 Å². The van der Waals surface area contributed by atoms with Gasteiger partial charge in [0.1, 0.15) is 4.70 Å². The number of fused-ring (bicyclic) bond motifs is 1. The second-order valence-corrected chi connectivity index (χ2v) is 4.00. The highest BCUT2D eigenvalue weighted by Crippen LogP contribution is 2.14. The molecule has 16 heavy (non-hydrogen) atoms. The van der Waals surface area contributed by atoms with Gasteiger partial charge in [-0.1, -0.05) is 28.9 Å². The van der Waals surface area contributed by atoms with Crippen LogP contribution in [-0.2, 0) is 19.2 Å². The molecule has 0 amide bonds.